The van der Waals surface area contributed by atoms with Crippen LogP contribution in [0.2, 0.25) is 0 Å². The van der Waals surface area contributed by atoms with E-state index in [1.165, 1.54) is 18.4 Å². The van der Waals surface area contributed by atoms with Crippen molar-refractivity contribution in [1.29, 1.82) is 0 Å². The van der Waals surface area contributed by atoms with Crippen LogP contribution in [0.5, 0.6) is 0 Å². The Bertz CT molecular complexity index is 413. The molecule has 21 heavy (non-hydrogen) atoms. The van der Waals surface area contributed by atoms with Gasteiger partial charge in [0.25, 0.3) is 0 Å². The van der Waals surface area contributed by atoms with Gasteiger partial charge in [-0.3, -0.25) is 0 Å². The molecule has 1 aliphatic rings. The molecule has 1 aromatic carbocycles. The summed E-state index contributed by atoms with van der Waals surface area (Å²) >= 11 is 0. The Morgan fingerprint density at radius 1 is 1.10 bits per heavy atom. The molecule has 0 aromatic heterocycles. The van der Waals surface area contributed by atoms with E-state index < -0.39 is 0 Å². The zero-order valence-corrected chi connectivity index (χ0v) is 12.8. The maximum Gasteiger partial charge on any atom is 0.320 e. The summed E-state index contributed by atoms with van der Waals surface area (Å²) in [6.45, 7) is 3.83. The highest BCUT2D eigenvalue weighted by Crippen LogP contribution is 2.14. The number of amides is 2. The van der Waals surface area contributed by atoms with Crippen molar-refractivity contribution >= 4 is 6.03 Å². The van der Waals surface area contributed by atoms with Crippen LogP contribution in [0.25, 0.3) is 0 Å². The van der Waals surface area contributed by atoms with Crippen molar-refractivity contribution in [1.82, 2.24) is 9.80 Å². The summed E-state index contributed by atoms with van der Waals surface area (Å²) < 4.78 is 0. The fraction of sp³-hybridized carbons (Fsp3) is 0.588. The smallest absolute Gasteiger partial charge is 0.320 e. The first-order valence-corrected chi connectivity index (χ1v) is 8.09. The maximum atomic E-state index is 12.8. The van der Waals surface area contributed by atoms with E-state index in [-0.39, 0.29) is 6.03 Å². The van der Waals surface area contributed by atoms with Crippen molar-refractivity contribution in [2.45, 2.75) is 38.6 Å². The minimum atomic E-state index is 0.175. The number of benzene rings is 1. The molecule has 0 aliphatic carbocycles. The van der Waals surface area contributed by atoms with Crippen molar-refractivity contribution < 1.29 is 4.79 Å². The number of carbonyl (C=O) groups excluding carboxylic acids is 1. The molecule has 0 bridgehead atoms. The average Bonchev–Trinajstić information content (AvgIpc) is 2.81. The van der Waals surface area contributed by atoms with Crippen LogP contribution in [0.1, 0.15) is 37.7 Å². The predicted octanol–water partition coefficient (Wildman–Crippen LogP) is 2.83. The van der Waals surface area contributed by atoms with E-state index in [1.54, 1.807) is 0 Å². The highest BCUT2D eigenvalue weighted by molar-refractivity contribution is 5.74. The van der Waals surface area contributed by atoms with E-state index in [0.717, 1.165) is 38.9 Å². The number of likely N-dealkylation sites (tertiary alicyclic amines) is 1. The highest BCUT2D eigenvalue weighted by Gasteiger charge is 2.21. The Kier molecular flexibility index (Phi) is 6.54. The summed E-state index contributed by atoms with van der Waals surface area (Å²) in [5.41, 5.74) is 6.80. The third kappa shape index (κ3) is 5.05. The molecule has 1 heterocycles. The molecule has 4 heteroatoms. The molecule has 0 saturated carbocycles. The minimum absolute atomic E-state index is 0.175. The van der Waals surface area contributed by atoms with Gasteiger partial charge in [-0.1, -0.05) is 43.2 Å². The van der Waals surface area contributed by atoms with Gasteiger partial charge in [0.1, 0.15) is 0 Å². The van der Waals surface area contributed by atoms with Gasteiger partial charge in [0, 0.05) is 26.2 Å². The fourth-order valence-corrected chi connectivity index (χ4v) is 2.79. The van der Waals surface area contributed by atoms with Crippen LogP contribution in [0, 0.1) is 0 Å². The van der Waals surface area contributed by atoms with Gasteiger partial charge in [0.2, 0.25) is 0 Å². The first kappa shape index (κ1) is 15.8. The molecule has 0 unspecified atom stereocenters. The minimum Gasteiger partial charge on any atom is -0.330 e. The molecular weight excluding hydrogens is 262 g/mol. The van der Waals surface area contributed by atoms with E-state index in [0.29, 0.717) is 13.1 Å². The van der Waals surface area contributed by atoms with Gasteiger partial charge in [-0.2, -0.15) is 0 Å². The number of rotatable bonds is 5. The number of urea groups is 1. The lowest BCUT2D eigenvalue weighted by Gasteiger charge is -2.30. The monoisotopic (exact) mass is 289 g/mol. The van der Waals surface area contributed by atoms with Gasteiger partial charge < -0.3 is 15.5 Å². The second-order valence-corrected chi connectivity index (χ2v) is 5.73. The molecule has 0 spiro atoms. The first-order valence-electron chi connectivity index (χ1n) is 8.09. The predicted molar refractivity (Wildman–Crippen MR) is 86.0 cm³/mol. The van der Waals surface area contributed by atoms with Crippen LogP contribution < -0.4 is 5.73 Å². The molecule has 2 amide bonds. The summed E-state index contributed by atoms with van der Waals surface area (Å²) in [4.78, 5) is 16.7. The van der Waals surface area contributed by atoms with E-state index in [2.05, 4.69) is 12.1 Å². The topological polar surface area (TPSA) is 49.6 Å². The van der Waals surface area contributed by atoms with Gasteiger partial charge in [-0.15, -0.1) is 0 Å². The maximum absolute atomic E-state index is 12.8. The van der Waals surface area contributed by atoms with Crippen molar-refractivity contribution in [3.05, 3.63) is 35.9 Å². The molecule has 2 N–H and O–H groups in total. The first-order chi connectivity index (χ1) is 10.3. The molecule has 1 aromatic rings. The van der Waals surface area contributed by atoms with Gasteiger partial charge in [-0.05, 0) is 31.4 Å². The van der Waals surface area contributed by atoms with Crippen molar-refractivity contribution in [2.24, 2.45) is 5.73 Å². The van der Waals surface area contributed by atoms with Gasteiger partial charge in [-0.25, -0.2) is 4.79 Å². The largest absolute Gasteiger partial charge is 0.330 e. The number of nitrogens with two attached hydrogens (primary N) is 1. The van der Waals surface area contributed by atoms with E-state index in [4.69, 9.17) is 5.73 Å². The Hall–Kier alpha value is -1.55. The van der Waals surface area contributed by atoms with Crippen molar-refractivity contribution in [3.8, 4) is 0 Å². The molecule has 1 aliphatic heterocycles. The Morgan fingerprint density at radius 2 is 1.76 bits per heavy atom. The molecule has 0 atom stereocenters. The van der Waals surface area contributed by atoms with E-state index in [1.807, 2.05) is 28.0 Å². The highest BCUT2D eigenvalue weighted by atomic mass is 16.2. The summed E-state index contributed by atoms with van der Waals surface area (Å²) in [6.07, 6.45) is 5.59. The summed E-state index contributed by atoms with van der Waals surface area (Å²) in [7, 11) is 0. The van der Waals surface area contributed by atoms with Gasteiger partial charge in [0.05, 0.1) is 0 Å². The zero-order valence-electron chi connectivity index (χ0n) is 12.8. The Labute approximate surface area is 127 Å². The third-order valence-electron chi connectivity index (χ3n) is 4.00. The lowest BCUT2D eigenvalue weighted by atomic mass is 10.2. The molecule has 1 saturated heterocycles. The van der Waals surface area contributed by atoms with Gasteiger partial charge >= 0.3 is 6.03 Å². The number of nitrogens with zero attached hydrogens (tertiary/aromatic N) is 2. The summed E-state index contributed by atoms with van der Waals surface area (Å²) in [6, 6.07) is 10.4. The van der Waals surface area contributed by atoms with Crippen LogP contribution in [-0.2, 0) is 6.54 Å². The van der Waals surface area contributed by atoms with Crippen molar-refractivity contribution in [2.75, 3.05) is 26.2 Å². The lowest BCUT2D eigenvalue weighted by Crippen LogP contribution is -2.44. The lowest BCUT2D eigenvalue weighted by molar-refractivity contribution is 0.151. The summed E-state index contributed by atoms with van der Waals surface area (Å²) in [5, 5.41) is 0. The molecular formula is C17H27N3O. The average molecular weight is 289 g/mol. The van der Waals surface area contributed by atoms with E-state index >= 15 is 0 Å². The SMILES string of the molecule is NCCCN(Cc1ccccc1)C(=O)N1CCCCCC1. The van der Waals surface area contributed by atoms with E-state index in [9.17, 15) is 4.79 Å². The van der Waals surface area contributed by atoms with Crippen molar-refractivity contribution in [3.63, 3.8) is 0 Å². The number of hydrogen-bond acceptors (Lipinski definition) is 2. The zero-order chi connectivity index (χ0) is 14.9. The van der Waals surface area contributed by atoms with Gasteiger partial charge in [0.15, 0.2) is 0 Å². The normalized spacial score (nSPS) is 15.6. The van der Waals surface area contributed by atoms with Crippen LogP contribution >= 0.6 is 0 Å². The second kappa shape index (κ2) is 8.67. The van der Waals surface area contributed by atoms with Crippen LogP contribution in [0.15, 0.2) is 30.3 Å². The Balaban J connectivity index is 2.01. The molecule has 0 radical (unpaired) electrons. The molecule has 116 valence electrons. The quantitative estimate of drug-likeness (QED) is 0.906. The number of carbonyl (C=O) groups is 1. The van der Waals surface area contributed by atoms with Crippen LogP contribution in [-0.4, -0.2) is 42.0 Å². The molecule has 2 rings (SSSR count). The summed E-state index contributed by atoms with van der Waals surface area (Å²) in [5.74, 6) is 0. The Morgan fingerprint density at radius 3 is 2.38 bits per heavy atom. The number of hydrogen-bond donors (Lipinski definition) is 1. The second-order valence-electron chi connectivity index (χ2n) is 5.73. The standard InChI is InChI=1S/C17H27N3O/c18-11-8-14-20(15-16-9-4-3-5-10-16)17(21)19-12-6-1-2-7-13-19/h3-5,9-10H,1-2,6-8,11-15,18H2. The molecule has 1 fully saturated rings. The fourth-order valence-electron chi connectivity index (χ4n) is 2.79. The third-order valence-corrected chi connectivity index (χ3v) is 4.00. The molecule has 4 nitrogen and oxygen atoms in total. The van der Waals surface area contributed by atoms with Crippen LogP contribution in [0.3, 0.4) is 0 Å². The van der Waals surface area contributed by atoms with Crippen LogP contribution in [0.4, 0.5) is 4.79 Å².